The maximum Gasteiger partial charge on any atom is 0.305 e. The molecule has 2 atom stereocenters. The number of hydrogen-bond acceptors (Lipinski definition) is 4. The third-order valence-corrected chi connectivity index (χ3v) is 3.94. The Labute approximate surface area is 143 Å². The summed E-state index contributed by atoms with van der Waals surface area (Å²) in [5.41, 5.74) is 0.672. The highest BCUT2D eigenvalue weighted by Crippen LogP contribution is 2.31. The number of ether oxygens (including phenoxy) is 2. The maximum absolute atomic E-state index is 12.3. The van der Waals surface area contributed by atoms with Gasteiger partial charge in [0.05, 0.1) is 26.7 Å². The van der Waals surface area contributed by atoms with Crippen LogP contribution in [0.3, 0.4) is 0 Å². The lowest BCUT2D eigenvalue weighted by Crippen LogP contribution is -2.34. The fourth-order valence-electron chi connectivity index (χ4n) is 2.45. The number of amides is 1. The summed E-state index contributed by atoms with van der Waals surface area (Å²) in [6.45, 7) is 3.93. The number of nitrogens with one attached hydrogen (secondary N) is 1. The number of benzene rings is 1. The van der Waals surface area contributed by atoms with Gasteiger partial charge >= 0.3 is 5.97 Å². The van der Waals surface area contributed by atoms with Crippen molar-refractivity contribution in [1.82, 2.24) is 5.32 Å². The van der Waals surface area contributed by atoms with Gasteiger partial charge in [0.25, 0.3) is 0 Å². The van der Waals surface area contributed by atoms with E-state index in [2.05, 4.69) is 12.2 Å². The Balaban J connectivity index is 2.96. The highest BCUT2D eigenvalue weighted by Gasteiger charge is 2.22. The monoisotopic (exact) mass is 337 g/mol. The van der Waals surface area contributed by atoms with Crippen molar-refractivity contribution in [3.8, 4) is 11.5 Å². The molecule has 0 heterocycles. The zero-order chi connectivity index (χ0) is 18.1. The predicted octanol–water partition coefficient (Wildman–Crippen LogP) is 3.16. The van der Waals surface area contributed by atoms with E-state index in [1.165, 1.54) is 14.2 Å². The van der Waals surface area contributed by atoms with E-state index in [-0.39, 0.29) is 18.2 Å². The van der Waals surface area contributed by atoms with Crippen molar-refractivity contribution in [3.05, 3.63) is 23.8 Å². The molecule has 0 radical (unpaired) electrons. The SMILES string of the molecule is CCCCC(C)C(=O)NC(CC(=O)O)c1ccc(OC)c(OC)c1. The van der Waals surface area contributed by atoms with Crippen LogP contribution in [0.4, 0.5) is 0 Å². The lowest BCUT2D eigenvalue weighted by Gasteiger charge is -2.21. The van der Waals surface area contributed by atoms with Crippen LogP contribution in [0.25, 0.3) is 0 Å². The zero-order valence-electron chi connectivity index (χ0n) is 14.8. The average molecular weight is 337 g/mol. The van der Waals surface area contributed by atoms with Crippen LogP contribution in [0.15, 0.2) is 18.2 Å². The fourth-order valence-corrected chi connectivity index (χ4v) is 2.45. The van der Waals surface area contributed by atoms with Gasteiger partial charge in [0.1, 0.15) is 0 Å². The Morgan fingerprint density at radius 1 is 1.21 bits per heavy atom. The lowest BCUT2D eigenvalue weighted by molar-refractivity contribution is -0.138. The van der Waals surface area contributed by atoms with Gasteiger partial charge in [-0.3, -0.25) is 9.59 Å². The Bertz CT molecular complexity index is 558. The second kappa shape index (κ2) is 9.80. The number of rotatable bonds is 10. The van der Waals surface area contributed by atoms with E-state index in [0.717, 1.165) is 19.3 Å². The molecule has 0 aliphatic carbocycles. The summed E-state index contributed by atoms with van der Waals surface area (Å²) in [4.78, 5) is 23.5. The Hall–Kier alpha value is -2.24. The molecule has 0 aromatic heterocycles. The van der Waals surface area contributed by atoms with Crippen molar-refractivity contribution in [3.63, 3.8) is 0 Å². The molecule has 0 saturated carbocycles. The first-order chi connectivity index (χ1) is 11.4. The van der Waals surface area contributed by atoms with Gasteiger partial charge in [0, 0.05) is 5.92 Å². The van der Waals surface area contributed by atoms with Crippen LogP contribution in [0.5, 0.6) is 11.5 Å². The molecule has 134 valence electrons. The number of carboxylic acids is 1. The van der Waals surface area contributed by atoms with Gasteiger partial charge < -0.3 is 19.9 Å². The van der Waals surface area contributed by atoms with Crippen molar-refractivity contribution in [2.45, 2.75) is 45.6 Å². The maximum atomic E-state index is 12.3. The lowest BCUT2D eigenvalue weighted by atomic mass is 9.99. The fraction of sp³-hybridized carbons (Fsp3) is 0.556. The minimum Gasteiger partial charge on any atom is -0.493 e. The van der Waals surface area contributed by atoms with Crippen molar-refractivity contribution < 1.29 is 24.2 Å². The molecule has 1 aromatic carbocycles. The van der Waals surface area contributed by atoms with Gasteiger partial charge in [0.15, 0.2) is 11.5 Å². The summed E-state index contributed by atoms with van der Waals surface area (Å²) in [6, 6.07) is 4.53. The molecule has 0 fully saturated rings. The molecule has 0 bridgehead atoms. The van der Waals surface area contributed by atoms with E-state index >= 15 is 0 Å². The molecule has 0 spiro atoms. The number of aliphatic carboxylic acids is 1. The van der Waals surface area contributed by atoms with Crippen LogP contribution in [0, 0.1) is 5.92 Å². The van der Waals surface area contributed by atoms with Crippen LogP contribution in [0.2, 0.25) is 0 Å². The van der Waals surface area contributed by atoms with E-state index in [9.17, 15) is 9.59 Å². The van der Waals surface area contributed by atoms with Crippen LogP contribution < -0.4 is 14.8 Å². The van der Waals surface area contributed by atoms with Crippen molar-refractivity contribution in [1.29, 1.82) is 0 Å². The average Bonchev–Trinajstić information content (AvgIpc) is 2.57. The summed E-state index contributed by atoms with van der Waals surface area (Å²) in [5.74, 6) is -0.209. The second-order valence-electron chi connectivity index (χ2n) is 5.82. The normalized spacial score (nSPS) is 13.0. The molecule has 6 heteroatoms. The quantitative estimate of drug-likeness (QED) is 0.685. The van der Waals surface area contributed by atoms with Crippen LogP contribution >= 0.6 is 0 Å². The molecule has 0 aliphatic rings. The Morgan fingerprint density at radius 3 is 2.42 bits per heavy atom. The largest absolute Gasteiger partial charge is 0.493 e. The second-order valence-corrected chi connectivity index (χ2v) is 5.82. The molecule has 1 amide bonds. The zero-order valence-corrected chi connectivity index (χ0v) is 14.8. The van der Waals surface area contributed by atoms with Gasteiger partial charge in [-0.2, -0.15) is 0 Å². The smallest absolute Gasteiger partial charge is 0.305 e. The number of unbranched alkanes of at least 4 members (excludes halogenated alkanes) is 1. The summed E-state index contributed by atoms with van der Waals surface area (Å²) in [7, 11) is 3.04. The summed E-state index contributed by atoms with van der Waals surface area (Å²) in [6.07, 6.45) is 2.58. The van der Waals surface area contributed by atoms with Crippen molar-refractivity contribution >= 4 is 11.9 Å². The molecule has 1 rings (SSSR count). The molecule has 0 aliphatic heterocycles. The Kier molecular flexibility index (Phi) is 8.09. The van der Waals surface area contributed by atoms with Gasteiger partial charge in [-0.05, 0) is 24.1 Å². The van der Waals surface area contributed by atoms with Crippen LogP contribution in [-0.2, 0) is 9.59 Å². The number of carbonyl (C=O) groups is 2. The van der Waals surface area contributed by atoms with Gasteiger partial charge in [-0.25, -0.2) is 0 Å². The van der Waals surface area contributed by atoms with E-state index in [4.69, 9.17) is 14.6 Å². The number of carboxylic acid groups (broad SMARTS) is 1. The molecule has 24 heavy (non-hydrogen) atoms. The highest BCUT2D eigenvalue weighted by molar-refractivity contribution is 5.79. The summed E-state index contributed by atoms with van der Waals surface area (Å²) >= 11 is 0. The molecule has 0 saturated heterocycles. The van der Waals surface area contributed by atoms with Gasteiger partial charge in [0.2, 0.25) is 5.91 Å². The molecule has 2 unspecified atom stereocenters. The van der Waals surface area contributed by atoms with E-state index in [1.807, 2.05) is 6.92 Å². The van der Waals surface area contributed by atoms with Crippen molar-refractivity contribution in [2.24, 2.45) is 5.92 Å². The van der Waals surface area contributed by atoms with Crippen molar-refractivity contribution in [2.75, 3.05) is 14.2 Å². The third kappa shape index (κ3) is 5.76. The summed E-state index contributed by atoms with van der Waals surface area (Å²) in [5, 5.41) is 12.0. The minimum absolute atomic E-state index is 0.135. The van der Waals surface area contributed by atoms with E-state index < -0.39 is 12.0 Å². The molecule has 2 N–H and O–H groups in total. The number of methoxy groups -OCH3 is 2. The molecule has 6 nitrogen and oxygen atoms in total. The third-order valence-electron chi connectivity index (χ3n) is 3.94. The highest BCUT2D eigenvalue weighted by atomic mass is 16.5. The van der Waals surface area contributed by atoms with Crippen LogP contribution in [0.1, 0.15) is 51.1 Å². The summed E-state index contributed by atoms with van der Waals surface area (Å²) < 4.78 is 10.4. The predicted molar refractivity (Wildman–Crippen MR) is 91.4 cm³/mol. The first kappa shape index (κ1) is 19.8. The molecular formula is C18H27NO5. The van der Waals surface area contributed by atoms with Crippen LogP contribution in [-0.4, -0.2) is 31.2 Å². The van der Waals surface area contributed by atoms with E-state index in [0.29, 0.717) is 17.1 Å². The standard InChI is InChI=1S/C18H27NO5/c1-5-6-7-12(2)18(22)19-14(11-17(20)21)13-8-9-15(23-3)16(10-13)24-4/h8-10,12,14H,5-7,11H2,1-4H3,(H,19,22)(H,20,21). The number of carbonyl (C=O) groups excluding carboxylic acids is 1. The first-order valence-electron chi connectivity index (χ1n) is 8.17. The number of hydrogen-bond donors (Lipinski definition) is 2. The molecular weight excluding hydrogens is 310 g/mol. The van der Waals surface area contributed by atoms with Gasteiger partial charge in [-0.15, -0.1) is 0 Å². The Morgan fingerprint density at radius 2 is 1.88 bits per heavy atom. The first-order valence-corrected chi connectivity index (χ1v) is 8.17. The van der Waals surface area contributed by atoms with E-state index in [1.54, 1.807) is 18.2 Å². The molecule has 1 aromatic rings. The van der Waals surface area contributed by atoms with Gasteiger partial charge in [-0.1, -0.05) is 32.8 Å². The minimum atomic E-state index is -0.976. The topological polar surface area (TPSA) is 84.9 Å².